The third-order valence-electron chi connectivity index (χ3n) is 4.42. The largest absolute Gasteiger partial charge is 0.496 e. The quantitative estimate of drug-likeness (QED) is 0.811. The number of hydrogen-bond donors (Lipinski definition) is 1. The van der Waals surface area contributed by atoms with Gasteiger partial charge in [-0.3, -0.25) is 4.79 Å². The van der Waals surface area contributed by atoms with Crippen molar-refractivity contribution in [2.45, 2.75) is 25.3 Å². The second kappa shape index (κ2) is 8.23. The van der Waals surface area contributed by atoms with E-state index in [0.717, 1.165) is 24.8 Å². The van der Waals surface area contributed by atoms with Crippen molar-refractivity contribution in [3.8, 4) is 5.75 Å². The molecule has 0 saturated carbocycles. The zero-order chi connectivity index (χ0) is 18.5. The molecule has 1 aliphatic rings. The average molecular weight is 374 g/mol. The van der Waals surface area contributed by atoms with E-state index >= 15 is 0 Å². The van der Waals surface area contributed by atoms with E-state index in [1.807, 2.05) is 18.2 Å². The first-order valence-electron chi connectivity index (χ1n) is 8.46. The number of ether oxygens (including phenoxy) is 2. The van der Waals surface area contributed by atoms with Crippen LogP contribution in [0.15, 0.2) is 42.5 Å². The maximum atomic E-state index is 12.2. The maximum absolute atomic E-state index is 12.2. The fraction of sp³-hybridized carbons (Fsp3) is 0.300. The SMILES string of the molecule is COc1ccc(Cl)cc1C(=O)OCC(=O)N[C@H]1CCCc2ccccc21. The van der Waals surface area contributed by atoms with E-state index in [2.05, 4.69) is 11.4 Å². The zero-order valence-corrected chi connectivity index (χ0v) is 15.2. The molecule has 2 aromatic carbocycles. The van der Waals surface area contributed by atoms with E-state index in [4.69, 9.17) is 21.1 Å². The van der Waals surface area contributed by atoms with E-state index in [-0.39, 0.29) is 24.1 Å². The van der Waals surface area contributed by atoms with Gasteiger partial charge in [0.1, 0.15) is 11.3 Å². The molecule has 0 saturated heterocycles. The number of amides is 1. The van der Waals surface area contributed by atoms with Crippen LogP contribution in [0.25, 0.3) is 0 Å². The second-order valence-electron chi connectivity index (χ2n) is 6.13. The number of carbonyl (C=O) groups is 2. The Hall–Kier alpha value is -2.53. The van der Waals surface area contributed by atoms with E-state index in [0.29, 0.717) is 10.8 Å². The lowest BCUT2D eigenvalue weighted by molar-refractivity contribution is -0.125. The van der Waals surface area contributed by atoms with Gasteiger partial charge in [-0.25, -0.2) is 4.79 Å². The number of nitrogens with one attached hydrogen (secondary N) is 1. The smallest absolute Gasteiger partial charge is 0.342 e. The molecule has 0 aliphatic heterocycles. The molecule has 1 N–H and O–H groups in total. The summed E-state index contributed by atoms with van der Waals surface area (Å²) in [5.41, 5.74) is 2.58. The van der Waals surface area contributed by atoms with Gasteiger partial charge in [0.2, 0.25) is 0 Å². The van der Waals surface area contributed by atoms with Crippen LogP contribution in [-0.2, 0) is 16.0 Å². The molecule has 0 bridgehead atoms. The predicted octanol–water partition coefficient (Wildman–Crippen LogP) is 3.70. The highest BCUT2D eigenvalue weighted by molar-refractivity contribution is 6.31. The van der Waals surface area contributed by atoms with Gasteiger partial charge in [0.15, 0.2) is 6.61 Å². The topological polar surface area (TPSA) is 64.6 Å². The zero-order valence-electron chi connectivity index (χ0n) is 14.5. The number of aryl methyl sites for hydroxylation is 1. The minimum absolute atomic E-state index is 0.0492. The van der Waals surface area contributed by atoms with E-state index < -0.39 is 5.97 Å². The number of esters is 1. The molecule has 2 aromatic rings. The van der Waals surface area contributed by atoms with Gasteiger partial charge in [-0.1, -0.05) is 35.9 Å². The Kier molecular flexibility index (Phi) is 5.78. The second-order valence-corrected chi connectivity index (χ2v) is 6.57. The summed E-state index contributed by atoms with van der Waals surface area (Å²) in [5, 5.41) is 3.34. The normalized spacial score (nSPS) is 15.7. The van der Waals surface area contributed by atoms with Crippen molar-refractivity contribution in [3.63, 3.8) is 0 Å². The Morgan fingerprint density at radius 1 is 1.23 bits per heavy atom. The number of fused-ring (bicyclic) bond motifs is 1. The number of methoxy groups -OCH3 is 1. The molecule has 5 nitrogen and oxygen atoms in total. The average Bonchev–Trinajstić information content (AvgIpc) is 2.66. The van der Waals surface area contributed by atoms with Crippen molar-refractivity contribution in [1.82, 2.24) is 5.32 Å². The minimum Gasteiger partial charge on any atom is -0.496 e. The molecule has 26 heavy (non-hydrogen) atoms. The van der Waals surface area contributed by atoms with Crippen LogP contribution in [0.2, 0.25) is 5.02 Å². The summed E-state index contributed by atoms with van der Waals surface area (Å²) < 4.78 is 10.3. The summed E-state index contributed by atoms with van der Waals surface area (Å²) in [6.07, 6.45) is 2.91. The van der Waals surface area contributed by atoms with Gasteiger partial charge < -0.3 is 14.8 Å². The van der Waals surface area contributed by atoms with Gasteiger partial charge in [0.25, 0.3) is 5.91 Å². The molecule has 0 unspecified atom stereocenters. The van der Waals surface area contributed by atoms with Crippen molar-refractivity contribution in [3.05, 3.63) is 64.2 Å². The molecule has 0 aromatic heterocycles. The summed E-state index contributed by atoms with van der Waals surface area (Å²) in [5.74, 6) is -0.634. The molecule has 0 fully saturated rings. The molecule has 3 rings (SSSR count). The first kappa shape index (κ1) is 18.3. The predicted molar refractivity (Wildman–Crippen MR) is 98.6 cm³/mol. The van der Waals surface area contributed by atoms with Crippen molar-refractivity contribution < 1.29 is 19.1 Å². The molecule has 1 atom stereocenters. The Balaban J connectivity index is 1.60. The first-order valence-corrected chi connectivity index (χ1v) is 8.84. The first-order chi connectivity index (χ1) is 12.6. The van der Waals surface area contributed by atoms with Gasteiger partial charge in [0, 0.05) is 5.02 Å². The van der Waals surface area contributed by atoms with Crippen molar-refractivity contribution in [2.75, 3.05) is 13.7 Å². The van der Waals surface area contributed by atoms with Crippen LogP contribution in [0.1, 0.15) is 40.4 Å². The third-order valence-corrected chi connectivity index (χ3v) is 4.66. The summed E-state index contributed by atoms with van der Waals surface area (Å²) in [6.45, 7) is -0.354. The standard InChI is InChI=1S/C20H20ClNO4/c1-25-18-10-9-14(21)11-16(18)20(24)26-12-19(23)22-17-8-4-6-13-5-2-3-7-15(13)17/h2-3,5,7,9-11,17H,4,6,8,12H2,1H3,(H,22,23)/t17-/m0/s1. The minimum atomic E-state index is -0.649. The highest BCUT2D eigenvalue weighted by atomic mass is 35.5. The third kappa shape index (κ3) is 4.17. The monoisotopic (exact) mass is 373 g/mol. The summed E-state index contributed by atoms with van der Waals surface area (Å²) in [7, 11) is 1.45. The molecular weight excluding hydrogens is 354 g/mol. The van der Waals surface area contributed by atoms with Crippen LogP contribution < -0.4 is 10.1 Å². The van der Waals surface area contributed by atoms with Gasteiger partial charge >= 0.3 is 5.97 Å². The molecule has 136 valence electrons. The molecule has 1 amide bonds. The Labute approximate surface area is 157 Å². The van der Waals surface area contributed by atoms with Crippen LogP contribution in [0, 0.1) is 0 Å². The number of carbonyl (C=O) groups excluding carboxylic acids is 2. The van der Waals surface area contributed by atoms with Crippen molar-refractivity contribution >= 4 is 23.5 Å². The number of hydrogen-bond acceptors (Lipinski definition) is 4. The molecule has 1 aliphatic carbocycles. The van der Waals surface area contributed by atoms with Gasteiger partial charge in [-0.15, -0.1) is 0 Å². The molecule has 0 heterocycles. The van der Waals surface area contributed by atoms with E-state index in [9.17, 15) is 9.59 Å². The highest BCUT2D eigenvalue weighted by Gasteiger charge is 2.22. The van der Waals surface area contributed by atoms with Gasteiger partial charge in [0.05, 0.1) is 13.2 Å². The van der Waals surface area contributed by atoms with Crippen LogP contribution in [0.5, 0.6) is 5.75 Å². The van der Waals surface area contributed by atoms with Crippen molar-refractivity contribution in [2.24, 2.45) is 0 Å². The van der Waals surface area contributed by atoms with Crippen LogP contribution in [-0.4, -0.2) is 25.6 Å². The van der Waals surface area contributed by atoms with E-state index in [1.165, 1.54) is 18.7 Å². The lowest BCUT2D eigenvalue weighted by atomic mass is 9.88. The highest BCUT2D eigenvalue weighted by Crippen LogP contribution is 2.29. The number of halogens is 1. The lowest BCUT2D eigenvalue weighted by Crippen LogP contribution is -2.34. The maximum Gasteiger partial charge on any atom is 0.342 e. The number of benzene rings is 2. The molecule has 0 spiro atoms. The van der Waals surface area contributed by atoms with Crippen LogP contribution >= 0.6 is 11.6 Å². The fourth-order valence-corrected chi connectivity index (χ4v) is 3.36. The molecule has 6 heteroatoms. The van der Waals surface area contributed by atoms with Gasteiger partial charge in [-0.2, -0.15) is 0 Å². The lowest BCUT2D eigenvalue weighted by Gasteiger charge is -2.26. The fourth-order valence-electron chi connectivity index (χ4n) is 3.19. The van der Waals surface area contributed by atoms with Crippen molar-refractivity contribution in [1.29, 1.82) is 0 Å². The van der Waals surface area contributed by atoms with Crippen LogP contribution in [0.3, 0.4) is 0 Å². The Morgan fingerprint density at radius 2 is 2.04 bits per heavy atom. The van der Waals surface area contributed by atoms with Crippen LogP contribution in [0.4, 0.5) is 0 Å². The Morgan fingerprint density at radius 3 is 2.85 bits per heavy atom. The molecule has 0 radical (unpaired) electrons. The number of rotatable bonds is 5. The summed E-state index contributed by atoms with van der Waals surface area (Å²) in [4.78, 5) is 24.5. The molecular formula is C20H20ClNO4. The Bertz CT molecular complexity index is 821. The van der Waals surface area contributed by atoms with Gasteiger partial charge in [-0.05, 0) is 48.6 Å². The summed E-state index contributed by atoms with van der Waals surface area (Å²) in [6, 6.07) is 12.7. The van der Waals surface area contributed by atoms with E-state index in [1.54, 1.807) is 12.1 Å². The summed E-state index contributed by atoms with van der Waals surface area (Å²) >= 11 is 5.91.